The number of hydrogen-bond donors (Lipinski definition) is 1. The molecule has 0 aliphatic carbocycles. The lowest BCUT2D eigenvalue weighted by Crippen LogP contribution is -2.27. The lowest BCUT2D eigenvalue weighted by Gasteiger charge is -2.17. The molecule has 1 rings (SSSR count). The van der Waals surface area contributed by atoms with E-state index in [1.54, 1.807) is 6.07 Å². The topological polar surface area (TPSA) is 70.9 Å². The number of nitrogens with two attached hydrogens (primary N) is 1. The van der Waals surface area contributed by atoms with Gasteiger partial charge in [-0.15, -0.1) is 0 Å². The Morgan fingerprint density at radius 3 is 3.00 bits per heavy atom. The van der Waals surface area contributed by atoms with Crippen LogP contribution in [-0.2, 0) is 6.54 Å². The molecule has 0 radical (unpaired) electrons. The number of hydrogen-bond acceptors (Lipinski definition) is 4. The zero-order chi connectivity index (χ0) is 11.3. The van der Waals surface area contributed by atoms with Gasteiger partial charge in [-0.3, -0.25) is 4.68 Å². The number of likely N-dealkylation sites (N-methyl/N-ethyl adjacent to an activating group) is 1. The highest BCUT2D eigenvalue weighted by molar-refractivity contribution is 5.23. The number of aromatic nitrogens is 2. The molecule has 0 aliphatic rings. The lowest BCUT2D eigenvalue weighted by atomic mass is 10.2. The Balaban J connectivity index is 2.28. The molecule has 15 heavy (non-hydrogen) atoms. The molecule has 2 N–H and O–H groups in total. The van der Waals surface area contributed by atoms with Crippen molar-refractivity contribution in [3.05, 3.63) is 12.3 Å². The molecule has 0 saturated heterocycles. The van der Waals surface area contributed by atoms with Crippen LogP contribution in [0.1, 0.15) is 6.92 Å². The van der Waals surface area contributed by atoms with E-state index in [0.29, 0.717) is 5.82 Å². The lowest BCUT2D eigenvalue weighted by molar-refractivity contribution is 0.292. The second-order valence-corrected chi connectivity index (χ2v) is 3.80. The molecule has 0 aliphatic heterocycles. The fraction of sp³-hybridized carbons (Fsp3) is 0.600. The molecule has 1 heterocycles. The van der Waals surface area contributed by atoms with Gasteiger partial charge in [-0.2, -0.15) is 10.4 Å². The fourth-order valence-electron chi connectivity index (χ4n) is 1.37. The van der Waals surface area contributed by atoms with Crippen molar-refractivity contribution in [1.82, 2.24) is 14.7 Å². The van der Waals surface area contributed by atoms with Gasteiger partial charge in [0.15, 0.2) is 0 Å². The van der Waals surface area contributed by atoms with Crippen molar-refractivity contribution in [1.29, 1.82) is 5.26 Å². The van der Waals surface area contributed by atoms with Crippen molar-refractivity contribution in [3.8, 4) is 6.07 Å². The minimum Gasteiger partial charge on any atom is -0.382 e. The molecule has 1 aromatic rings. The van der Waals surface area contributed by atoms with E-state index in [1.165, 1.54) is 0 Å². The average molecular weight is 207 g/mol. The highest BCUT2D eigenvalue weighted by Gasteiger charge is 2.05. The summed E-state index contributed by atoms with van der Waals surface area (Å²) in [5, 5.41) is 12.7. The largest absolute Gasteiger partial charge is 0.382 e. The molecule has 0 bridgehead atoms. The first kappa shape index (κ1) is 11.5. The van der Waals surface area contributed by atoms with E-state index in [4.69, 9.17) is 11.0 Å². The average Bonchev–Trinajstić information content (AvgIpc) is 2.61. The Morgan fingerprint density at radius 2 is 2.47 bits per heavy atom. The third-order valence-corrected chi connectivity index (χ3v) is 2.18. The summed E-state index contributed by atoms with van der Waals surface area (Å²) in [7, 11) is 2.00. The first-order valence-electron chi connectivity index (χ1n) is 4.99. The zero-order valence-corrected chi connectivity index (χ0v) is 9.22. The number of nitrogen functional groups attached to an aromatic ring is 1. The van der Waals surface area contributed by atoms with Gasteiger partial charge in [0, 0.05) is 19.3 Å². The minimum atomic E-state index is 0.0673. The Kier molecular flexibility index (Phi) is 4.13. The molecule has 1 aromatic heterocycles. The normalized spacial score (nSPS) is 12.7. The minimum absolute atomic E-state index is 0.0673. The van der Waals surface area contributed by atoms with Crippen molar-refractivity contribution in [2.45, 2.75) is 13.5 Å². The van der Waals surface area contributed by atoms with Crippen LogP contribution in [-0.4, -0.2) is 34.8 Å². The first-order chi connectivity index (χ1) is 7.11. The van der Waals surface area contributed by atoms with E-state index in [-0.39, 0.29) is 5.92 Å². The van der Waals surface area contributed by atoms with Crippen LogP contribution in [0.5, 0.6) is 0 Å². The number of anilines is 1. The summed E-state index contributed by atoms with van der Waals surface area (Å²) in [6.07, 6.45) is 1.86. The second kappa shape index (κ2) is 5.37. The molecular weight excluding hydrogens is 190 g/mol. The molecule has 0 amide bonds. The first-order valence-corrected chi connectivity index (χ1v) is 4.99. The maximum absolute atomic E-state index is 8.66. The van der Waals surface area contributed by atoms with Gasteiger partial charge in [-0.1, -0.05) is 0 Å². The quantitative estimate of drug-likeness (QED) is 0.765. The van der Waals surface area contributed by atoms with Gasteiger partial charge in [0.25, 0.3) is 0 Å². The molecule has 0 spiro atoms. The molecule has 0 aromatic carbocycles. The Hall–Kier alpha value is -1.54. The third kappa shape index (κ3) is 4.00. The maximum atomic E-state index is 8.66. The molecule has 5 heteroatoms. The molecule has 1 atom stereocenters. The van der Waals surface area contributed by atoms with Crippen LogP contribution in [0.3, 0.4) is 0 Å². The highest BCUT2D eigenvalue weighted by Crippen LogP contribution is 1.98. The number of rotatable bonds is 5. The monoisotopic (exact) mass is 207 g/mol. The SMILES string of the molecule is CC(C#N)CN(C)CCn1ccc(N)n1. The summed E-state index contributed by atoms with van der Waals surface area (Å²) in [4.78, 5) is 2.12. The van der Waals surface area contributed by atoms with Crippen LogP contribution >= 0.6 is 0 Å². The van der Waals surface area contributed by atoms with Gasteiger partial charge in [0.2, 0.25) is 0 Å². The van der Waals surface area contributed by atoms with Gasteiger partial charge in [-0.25, -0.2) is 0 Å². The van der Waals surface area contributed by atoms with E-state index in [2.05, 4.69) is 16.1 Å². The smallest absolute Gasteiger partial charge is 0.145 e. The fourth-order valence-corrected chi connectivity index (χ4v) is 1.37. The maximum Gasteiger partial charge on any atom is 0.145 e. The van der Waals surface area contributed by atoms with E-state index in [0.717, 1.165) is 19.6 Å². The van der Waals surface area contributed by atoms with Gasteiger partial charge in [-0.05, 0) is 20.0 Å². The predicted molar refractivity (Wildman–Crippen MR) is 58.9 cm³/mol. The van der Waals surface area contributed by atoms with Crippen LogP contribution in [0.25, 0.3) is 0 Å². The summed E-state index contributed by atoms with van der Waals surface area (Å²) < 4.78 is 1.81. The van der Waals surface area contributed by atoms with Crippen LogP contribution in [0.4, 0.5) is 5.82 Å². The Labute approximate surface area is 90.1 Å². The second-order valence-electron chi connectivity index (χ2n) is 3.80. The van der Waals surface area contributed by atoms with E-state index < -0.39 is 0 Å². The van der Waals surface area contributed by atoms with Gasteiger partial charge in [0.05, 0.1) is 18.5 Å². The van der Waals surface area contributed by atoms with Gasteiger partial charge in [0.1, 0.15) is 5.82 Å². The van der Waals surface area contributed by atoms with Crippen LogP contribution in [0.2, 0.25) is 0 Å². The molecular formula is C10H17N5. The molecule has 0 saturated carbocycles. The van der Waals surface area contributed by atoms with Crippen LogP contribution in [0.15, 0.2) is 12.3 Å². The van der Waals surface area contributed by atoms with Crippen LogP contribution < -0.4 is 5.73 Å². The Bertz CT molecular complexity index is 338. The molecule has 5 nitrogen and oxygen atoms in total. The van der Waals surface area contributed by atoms with E-state index in [9.17, 15) is 0 Å². The molecule has 0 fully saturated rings. The molecule has 82 valence electrons. The highest BCUT2D eigenvalue weighted by atomic mass is 15.3. The standard InChI is InChI=1S/C10H17N5/c1-9(7-11)8-14(2)5-6-15-4-3-10(12)13-15/h3-4,9H,5-6,8H2,1-2H3,(H2,12,13). The van der Waals surface area contributed by atoms with Crippen molar-refractivity contribution >= 4 is 5.82 Å². The van der Waals surface area contributed by atoms with E-state index in [1.807, 2.05) is 24.9 Å². The summed E-state index contributed by atoms with van der Waals surface area (Å²) >= 11 is 0. The third-order valence-electron chi connectivity index (χ3n) is 2.18. The summed E-state index contributed by atoms with van der Waals surface area (Å²) in [5.74, 6) is 0.612. The van der Waals surface area contributed by atoms with Gasteiger partial charge >= 0.3 is 0 Å². The zero-order valence-electron chi connectivity index (χ0n) is 9.22. The van der Waals surface area contributed by atoms with Gasteiger partial charge < -0.3 is 10.6 Å². The van der Waals surface area contributed by atoms with Crippen molar-refractivity contribution in [3.63, 3.8) is 0 Å². The molecule has 1 unspecified atom stereocenters. The summed E-state index contributed by atoms with van der Waals surface area (Å²) in [6.45, 7) is 4.37. The number of nitriles is 1. The predicted octanol–water partition coefficient (Wildman–Crippen LogP) is 0.557. The van der Waals surface area contributed by atoms with E-state index >= 15 is 0 Å². The van der Waals surface area contributed by atoms with Crippen molar-refractivity contribution in [2.75, 3.05) is 25.9 Å². The van der Waals surface area contributed by atoms with Crippen molar-refractivity contribution < 1.29 is 0 Å². The summed E-state index contributed by atoms with van der Waals surface area (Å²) in [6, 6.07) is 3.99. The van der Waals surface area contributed by atoms with Crippen molar-refractivity contribution in [2.24, 2.45) is 5.92 Å². The Morgan fingerprint density at radius 1 is 1.73 bits per heavy atom. The summed E-state index contributed by atoms with van der Waals surface area (Å²) in [5.41, 5.74) is 5.50. The number of nitrogens with zero attached hydrogens (tertiary/aromatic N) is 4. The van der Waals surface area contributed by atoms with Crippen LogP contribution in [0, 0.1) is 17.2 Å².